The van der Waals surface area contributed by atoms with Gasteiger partial charge < -0.3 is 14.3 Å². The molecule has 2 aromatic heterocycles. The van der Waals surface area contributed by atoms with Gasteiger partial charge in [0.2, 0.25) is 5.91 Å². The molecule has 0 aliphatic rings. The molecule has 8 heteroatoms. The van der Waals surface area contributed by atoms with E-state index in [4.69, 9.17) is 4.42 Å². The van der Waals surface area contributed by atoms with Gasteiger partial charge in [-0.1, -0.05) is 30.8 Å². The lowest BCUT2D eigenvalue weighted by Crippen LogP contribution is -2.15. The van der Waals surface area contributed by atoms with Crippen LogP contribution in [0.15, 0.2) is 46.2 Å². The van der Waals surface area contributed by atoms with Gasteiger partial charge in [0.15, 0.2) is 16.8 Å². The Labute approximate surface area is 167 Å². The summed E-state index contributed by atoms with van der Waals surface area (Å²) in [5.74, 6) is 1.50. The SMILES string of the molecule is CCCn1c(SCC(=O)Nc2cccc(C(C)=O)c2)nnc1-c1ccoc1C. The number of nitrogens with zero attached hydrogens (tertiary/aromatic N) is 3. The van der Waals surface area contributed by atoms with Crippen LogP contribution in [0.3, 0.4) is 0 Å². The zero-order valence-corrected chi connectivity index (χ0v) is 16.9. The third-order valence-corrected chi connectivity index (χ3v) is 5.12. The van der Waals surface area contributed by atoms with Crippen molar-refractivity contribution in [1.82, 2.24) is 14.8 Å². The van der Waals surface area contributed by atoms with Crippen LogP contribution in [0.4, 0.5) is 5.69 Å². The molecule has 0 atom stereocenters. The maximum atomic E-state index is 12.3. The van der Waals surface area contributed by atoms with Crippen molar-refractivity contribution in [3.63, 3.8) is 0 Å². The van der Waals surface area contributed by atoms with Crippen LogP contribution in [0.1, 0.15) is 36.4 Å². The summed E-state index contributed by atoms with van der Waals surface area (Å²) in [5.41, 5.74) is 2.06. The van der Waals surface area contributed by atoms with Gasteiger partial charge in [0.05, 0.1) is 17.6 Å². The van der Waals surface area contributed by atoms with Crippen molar-refractivity contribution in [3.05, 3.63) is 47.9 Å². The van der Waals surface area contributed by atoms with Gasteiger partial charge in [-0.3, -0.25) is 9.59 Å². The first-order valence-electron chi connectivity index (χ1n) is 9.01. The zero-order chi connectivity index (χ0) is 20.1. The van der Waals surface area contributed by atoms with Gasteiger partial charge in [0, 0.05) is 17.8 Å². The average molecular weight is 398 g/mol. The fourth-order valence-corrected chi connectivity index (χ4v) is 3.54. The number of furan rings is 1. The van der Waals surface area contributed by atoms with Crippen molar-refractivity contribution < 1.29 is 14.0 Å². The number of hydrogen-bond acceptors (Lipinski definition) is 6. The van der Waals surface area contributed by atoms with Crippen molar-refractivity contribution in [2.24, 2.45) is 0 Å². The fourth-order valence-electron chi connectivity index (χ4n) is 2.78. The molecule has 0 saturated heterocycles. The number of benzene rings is 1. The first-order chi connectivity index (χ1) is 13.5. The van der Waals surface area contributed by atoms with Gasteiger partial charge in [-0.05, 0) is 38.5 Å². The number of anilines is 1. The Balaban J connectivity index is 1.69. The summed E-state index contributed by atoms with van der Waals surface area (Å²) in [6.45, 7) is 6.21. The number of carbonyl (C=O) groups excluding carboxylic acids is 2. The number of thioether (sulfide) groups is 1. The first kappa shape index (κ1) is 19.9. The minimum absolute atomic E-state index is 0.0415. The third-order valence-electron chi connectivity index (χ3n) is 4.15. The molecule has 2 heterocycles. The molecule has 3 rings (SSSR count). The molecule has 0 aliphatic carbocycles. The molecule has 0 spiro atoms. The molecular formula is C20H22N4O3S. The highest BCUT2D eigenvalue weighted by atomic mass is 32.2. The molecule has 1 aromatic carbocycles. The highest BCUT2D eigenvalue weighted by molar-refractivity contribution is 7.99. The average Bonchev–Trinajstić information content (AvgIpc) is 3.26. The van der Waals surface area contributed by atoms with Crippen molar-refractivity contribution in [2.75, 3.05) is 11.1 Å². The molecule has 146 valence electrons. The zero-order valence-electron chi connectivity index (χ0n) is 16.1. The molecule has 0 bridgehead atoms. The standard InChI is InChI=1S/C20H22N4O3S/c1-4-9-24-19(17-8-10-27-14(17)3)22-23-20(24)28-12-18(26)21-16-7-5-6-15(11-16)13(2)25/h5-8,10-11H,4,9,12H2,1-3H3,(H,21,26). The number of hydrogen-bond donors (Lipinski definition) is 1. The van der Waals surface area contributed by atoms with Crippen LogP contribution < -0.4 is 5.32 Å². The van der Waals surface area contributed by atoms with Crippen LogP contribution in [0.25, 0.3) is 11.4 Å². The second-order valence-electron chi connectivity index (χ2n) is 6.32. The van der Waals surface area contributed by atoms with Crippen molar-refractivity contribution in [3.8, 4) is 11.4 Å². The number of amides is 1. The molecule has 1 amide bonds. The molecule has 3 aromatic rings. The topological polar surface area (TPSA) is 90.0 Å². The molecule has 0 unspecified atom stereocenters. The normalized spacial score (nSPS) is 10.8. The monoisotopic (exact) mass is 398 g/mol. The molecular weight excluding hydrogens is 376 g/mol. The summed E-state index contributed by atoms with van der Waals surface area (Å²) >= 11 is 1.33. The first-order valence-corrected chi connectivity index (χ1v) is 9.99. The van der Waals surface area contributed by atoms with Gasteiger partial charge >= 0.3 is 0 Å². The number of carbonyl (C=O) groups is 2. The second-order valence-corrected chi connectivity index (χ2v) is 7.26. The molecule has 0 aliphatic heterocycles. The van der Waals surface area contributed by atoms with Crippen molar-refractivity contribution in [1.29, 1.82) is 0 Å². The van der Waals surface area contributed by atoms with Crippen LogP contribution in [-0.2, 0) is 11.3 Å². The van der Waals surface area contributed by atoms with E-state index in [9.17, 15) is 9.59 Å². The van der Waals surface area contributed by atoms with Gasteiger partial charge in [-0.15, -0.1) is 10.2 Å². The number of Topliss-reactive ketones (excluding diaryl/α,β-unsaturated/α-hetero) is 1. The maximum absolute atomic E-state index is 12.3. The van der Waals surface area contributed by atoms with Crippen LogP contribution in [0.2, 0.25) is 0 Å². The Morgan fingerprint density at radius 1 is 1.25 bits per heavy atom. The molecule has 7 nitrogen and oxygen atoms in total. The van der Waals surface area contributed by atoms with E-state index >= 15 is 0 Å². The third kappa shape index (κ3) is 4.51. The minimum atomic E-state index is -0.169. The van der Waals surface area contributed by atoms with Crippen molar-refractivity contribution in [2.45, 2.75) is 38.9 Å². The van der Waals surface area contributed by atoms with Crippen LogP contribution >= 0.6 is 11.8 Å². The highest BCUT2D eigenvalue weighted by Crippen LogP contribution is 2.27. The molecule has 0 saturated carbocycles. The summed E-state index contributed by atoms with van der Waals surface area (Å²) in [5, 5.41) is 12.1. The van der Waals surface area contributed by atoms with Gasteiger partial charge in [0.25, 0.3) is 0 Å². The number of aromatic nitrogens is 3. The van der Waals surface area contributed by atoms with E-state index in [1.807, 2.05) is 17.6 Å². The van der Waals surface area contributed by atoms with E-state index in [1.54, 1.807) is 30.5 Å². The molecule has 0 fully saturated rings. The van der Waals surface area contributed by atoms with Gasteiger partial charge in [0.1, 0.15) is 5.76 Å². The quantitative estimate of drug-likeness (QED) is 0.452. The lowest BCUT2D eigenvalue weighted by Gasteiger charge is -2.09. The summed E-state index contributed by atoms with van der Waals surface area (Å²) in [7, 11) is 0. The van der Waals surface area contributed by atoms with Crippen LogP contribution in [0, 0.1) is 6.92 Å². The summed E-state index contributed by atoms with van der Waals surface area (Å²) < 4.78 is 7.38. The predicted molar refractivity (Wildman–Crippen MR) is 109 cm³/mol. The van der Waals surface area contributed by atoms with Gasteiger partial charge in [-0.2, -0.15) is 0 Å². The van der Waals surface area contributed by atoms with E-state index < -0.39 is 0 Å². The van der Waals surface area contributed by atoms with E-state index in [0.717, 1.165) is 30.1 Å². The number of aryl methyl sites for hydroxylation is 1. The van der Waals surface area contributed by atoms with Crippen LogP contribution in [0.5, 0.6) is 0 Å². The molecule has 28 heavy (non-hydrogen) atoms. The molecule has 0 radical (unpaired) electrons. The maximum Gasteiger partial charge on any atom is 0.234 e. The lowest BCUT2D eigenvalue weighted by atomic mass is 10.1. The predicted octanol–water partition coefficient (Wildman–Crippen LogP) is 4.19. The number of ketones is 1. The van der Waals surface area contributed by atoms with Crippen molar-refractivity contribution >= 4 is 29.1 Å². The minimum Gasteiger partial charge on any atom is -0.469 e. The highest BCUT2D eigenvalue weighted by Gasteiger charge is 2.18. The summed E-state index contributed by atoms with van der Waals surface area (Å²) in [4.78, 5) is 23.8. The summed E-state index contributed by atoms with van der Waals surface area (Å²) in [6, 6.07) is 8.77. The number of rotatable bonds is 8. The fraction of sp³-hybridized carbons (Fsp3) is 0.300. The van der Waals surface area contributed by atoms with Gasteiger partial charge in [-0.25, -0.2) is 0 Å². The molecule has 1 N–H and O–H groups in total. The van der Waals surface area contributed by atoms with E-state index in [2.05, 4.69) is 22.4 Å². The largest absolute Gasteiger partial charge is 0.469 e. The van der Waals surface area contributed by atoms with E-state index in [1.165, 1.54) is 18.7 Å². The Morgan fingerprint density at radius 2 is 2.07 bits per heavy atom. The second kappa shape index (κ2) is 8.88. The Kier molecular flexibility index (Phi) is 6.30. The lowest BCUT2D eigenvalue weighted by molar-refractivity contribution is -0.113. The smallest absolute Gasteiger partial charge is 0.234 e. The van der Waals surface area contributed by atoms with Crippen LogP contribution in [-0.4, -0.2) is 32.2 Å². The van der Waals surface area contributed by atoms with E-state index in [0.29, 0.717) is 16.4 Å². The Hall–Kier alpha value is -2.87. The summed E-state index contributed by atoms with van der Waals surface area (Å²) in [6.07, 6.45) is 2.55. The van der Waals surface area contributed by atoms with E-state index in [-0.39, 0.29) is 17.4 Å². The Morgan fingerprint density at radius 3 is 2.75 bits per heavy atom. The Bertz CT molecular complexity index is 993. The number of nitrogens with one attached hydrogen (secondary N) is 1.